The quantitative estimate of drug-likeness (QED) is 0.872. The molecule has 24 heavy (non-hydrogen) atoms. The van der Waals surface area contributed by atoms with Crippen molar-refractivity contribution in [2.45, 2.75) is 12.6 Å². The van der Waals surface area contributed by atoms with Gasteiger partial charge in [0.1, 0.15) is 0 Å². The predicted molar refractivity (Wildman–Crippen MR) is 84.4 cm³/mol. The fourth-order valence-electron chi connectivity index (χ4n) is 3.06. The minimum absolute atomic E-state index is 0.0205. The normalized spacial score (nSPS) is 24.2. The number of alkyl halides is 3. The number of halogens is 4. The van der Waals surface area contributed by atoms with Crippen molar-refractivity contribution < 1.29 is 18.0 Å². The van der Waals surface area contributed by atoms with E-state index in [0.717, 1.165) is 11.3 Å². The van der Waals surface area contributed by atoms with Crippen LogP contribution in [-0.2, 0) is 4.79 Å². The summed E-state index contributed by atoms with van der Waals surface area (Å²) in [6.45, 7) is 0.359. The van der Waals surface area contributed by atoms with Crippen molar-refractivity contribution in [2.24, 2.45) is 11.8 Å². The van der Waals surface area contributed by atoms with E-state index in [1.807, 2.05) is 6.07 Å². The number of anilines is 1. The van der Waals surface area contributed by atoms with Crippen LogP contribution in [0.4, 0.5) is 18.9 Å². The van der Waals surface area contributed by atoms with Crippen LogP contribution in [0.25, 0.3) is 0 Å². The molecule has 0 spiro atoms. The zero-order chi connectivity index (χ0) is 17.3. The highest BCUT2D eigenvalue weighted by Gasteiger charge is 2.46. The molecule has 0 saturated carbocycles. The number of fused-ring (bicyclic) bond motifs is 2. The number of ketones is 1. The van der Waals surface area contributed by atoms with Gasteiger partial charge in [0, 0.05) is 25.2 Å². The third-order valence-corrected chi connectivity index (χ3v) is 4.52. The molecule has 128 valence electrons. The highest BCUT2D eigenvalue weighted by atomic mass is 35.5. The molecule has 2 N–H and O–H groups in total. The Morgan fingerprint density at radius 2 is 2.21 bits per heavy atom. The summed E-state index contributed by atoms with van der Waals surface area (Å²) in [5.41, 5.74) is 2.25. The van der Waals surface area contributed by atoms with E-state index in [9.17, 15) is 18.0 Å². The SMILES string of the molecule is O=C(C1CNCC2=C(Nc3cccnc3)C(Cl)=CC1C2)C(F)(F)F. The summed E-state index contributed by atoms with van der Waals surface area (Å²) in [6.07, 6.45) is 0.334. The molecule has 3 rings (SSSR count). The van der Waals surface area contributed by atoms with E-state index >= 15 is 0 Å². The standard InChI is InChI=1S/C16H15ClF3N3O/c17-13-5-9-4-10(14(13)23-11-2-1-3-21-7-11)6-22-8-12(9)15(24)16(18,19)20/h1-3,5,7,9,12,22-23H,4,6,8H2. The van der Waals surface area contributed by atoms with Crippen molar-refractivity contribution >= 4 is 23.1 Å². The Hall–Kier alpha value is -1.86. The zero-order valence-electron chi connectivity index (χ0n) is 12.5. The second kappa shape index (κ2) is 6.57. The van der Waals surface area contributed by atoms with Crippen molar-refractivity contribution in [3.05, 3.63) is 46.9 Å². The molecule has 1 fully saturated rings. The van der Waals surface area contributed by atoms with Crippen molar-refractivity contribution in [3.8, 4) is 0 Å². The molecule has 8 heteroatoms. The number of carbonyl (C=O) groups is 1. The second-order valence-corrected chi connectivity index (χ2v) is 6.23. The van der Waals surface area contributed by atoms with E-state index in [-0.39, 0.29) is 6.54 Å². The zero-order valence-corrected chi connectivity index (χ0v) is 13.3. The van der Waals surface area contributed by atoms with E-state index in [4.69, 9.17) is 11.6 Å². The molecule has 1 aliphatic heterocycles. The van der Waals surface area contributed by atoms with Crippen LogP contribution >= 0.6 is 11.6 Å². The lowest BCUT2D eigenvalue weighted by Crippen LogP contribution is -2.39. The van der Waals surface area contributed by atoms with Crippen LogP contribution in [0, 0.1) is 11.8 Å². The maximum Gasteiger partial charge on any atom is 0.450 e. The highest BCUT2D eigenvalue weighted by Crippen LogP contribution is 2.38. The van der Waals surface area contributed by atoms with Gasteiger partial charge in [-0.2, -0.15) is 13.2 Å². The number of nitrogens with one attached hydrogen (secondary N) is 2. The molecule has 1 aliphatic carbocycles. The van der Waals surface area contributed by atoms with E-state index in [1.165, 1.54) is 0 Å². The molecule has 1 saturated heterocycles. The van der Waals surface area contributed by atoms with Crippen LogP contribution in [0.1, 0.15) is 6.42 Å². The summed E-state index contributed by atoms with van der Waals surface area (Å²) in [4.78, 5) is 15.7. The number of nitrogens with zero attached hydrogens (tertiary/aromatic N) is 1. The maximum absolute atomic E-state index is 12.8. The van der Waals surface area contributed by atoms with Gasteiger partial charge in [-0.25, -0.2) is 0 Å². The van der Waals surface area contributed by atoms with Gasteiger partial charge in [-0.3, -0.25) is 9.78 Å². The summed E-state index contributed by atoms with van der Waals surface area (Å²) in [7, 11) is 0. The predicted octanol–water partition coefficient (Wildman–Crippen LogP) is 3.24. The van der Waals surface area contributed by atoms with Crippen LogP contribution in [0.2, 0.25) is 0 Å². The maximum atomic E-state index is 12.8. The number of aromatic nitrogens is 1. The number of hydrogen-bond acceptors (Lipinski definition) is 4. The molecule has 4 nitrogen and oxygen atoms in total. The number of carbonyl (C=O) groups excluding carboxylic acids is 1. The van der Waals surface area contributed by atoms with Crippen molar-refractivity contribution in [2.75, 3.05) is 18.4 Å². The average Bonchev–Trinajstić information content (AvgIpc) is 2.70. The molecule has 0 amide bonds. The molecular formula is C16H15ClF3N3O. The molecule has 2 heterocycles. The van der Waals surface area contributed by atoms with E-state index < -0.39 is 23.8 Å². The van der Waals surface area contributed by atoms with Crippen LogP contribution in [0.5, 0.6) is 0 Å². The Morgan fingerprint density at radius 3 is 2.88 bits per heavy atom. The van der Waals surface area contributed by atoms with Crippen LogP contribution in [-0.4, -0.2) is 30.0 Å². The Labute approximate surface area is 141 Å². The number of Topliss-reactive ketones (excluding diaryl/α,β-unsaturated/α-hetero) is 1. The van der Waals surface area contributed by atoms with Gasteiger partial charge < -0.3 is 10.6 Å². The minimum Gasteiger partial charge on any atom is -0.353 e. The fourth-order valence-corrected chi connectivity index (χ4v) is 3.40. The van der Waals surface area contributed by atoms with Crippen molar-refractivity contribution in [1.29, 1.82) is 0 Å². The van der Waals surface area contributed by atoms with Gasteiger partial charge in [-0.15, -0.1) is 0 Å². The summed E-state index contributed by atoms with van der Waals surface area (Å²) in [6, 6.07) is 3.58. The summed E-state index contributed by atoms with van der Waals surface area (Å²) < 4.78 is 38.4. The number of pyridine rings is 1. The van der Waals surface area contributed by atoms with Crippen molar-refractivity contribution in [3.63, 3.8) is 0 Å². The Bertz CT molecular complexity index is 700. The lowest BCUT2D eigenvalue weighted by molar-refractivity contribution is -0.176. The van der Waals surface area contributed by atoms with E-state index in [0.29, 0.717) is 23.7 Å². The Balaban J connectivity index is 1.86. The average molecular weight is 358 g/mol. The summed E-state index contributed by atoms with van der Waals surface area (Å²) >= 11 is 6.29. The molecule has 0 radical (unpaired) electrons. The molecule has 2 aliphatic rings. The van der Waals surface area contributed by atoms with Crippen LogP contribution in [0.15, 0.2) is 46.9 Å². The second-order valence-electron chi connectivity index (χ2n) is 5.83. The van der Waals surface area contributed by atoms with Gasteiger partial charge in [0.15, 0.2) is 0 Å². The Morgan fingerprint density at radius 1 is 1.42 bits per heavy atom. The van der Waals surface area contributed by atoms with Crippen LogP contribution in [0.3, 0.4) is 0 Å². The Kier molecular flexibility index (Phi) is 4.64. The number of allylic oxidation sites excluding steroid dienone is 2. The van der Waals surface area contributed by atoms with Gasteiger partial charge in [-0.1, -0.05) is 17.7 Å². The monoisotopic (exact) mass is 357 g/mol. The molecule has 1 aromatic heterocycles. The summed E-state index contributed by atoms with van der Waals surface area (Å²) in [5.74, 6) is -3.42. The van der Waals surface area contributed by atoms with Gasteiger partial charge in [0.05, 0.1) is 22.6 Å². The largest absolute Gasteiger partial charge is 0.450 e. The smallest absolute Gasteiger partial charge is 0.353 e. The number of rotatable bonds is 3. The van der Waals surface area contributed by atoms with E-state index in [1.54, 1.807) is 24.5 Å². The molecule has 1 aromatic rings. The van der Waals surface area contributed by atoms with Crippen LogP contribution < -0.4 is 10.6 Å². The van der Waals surface area contributed by atoms with Gasteiger partial charge in [-0.05, 0) is 30.0 Å². The molecular weight excluding hydrogens is 343 g/mol. The first-order valence-corrected chi connectivity index (χ1v) is 7.82. The third-order valence-electron chi connectivity index (χ3n) is 4.20. The highest BCUT2D eigenvalue weighted by molar-refractivity contribution is 6.32. The number of hydrogen-bond donors (Lipinski definition) is 2. The van der Waals surface area contributed by atoms with Crippen molar-refractivity contribution in [1.82, 2.24) is 10.3 Å². The third kappa shape index (κ3) is 3.47. The first-order valence-electron chi connectivity index (χ1n) is 7.45. The summed E-state index contributed by atoms with van der Waals surface area (Å²) in [5, 5.41) is 6.42. The first kappa shape index (κ1) is 17.0. The first-order chi connectivity index (χ1) is 11.4. The van der Waals surface area contributed by atoms with Gasteiger partial charge in [0.25, 0.3) is 0 Å². The molecule has 2 bridgehead atoms. The fraction of sp³-hybridized carbons (Fsp3) is 0.375. The molecule has 0 aromatic carbocycles. The lowest BCUT2D eigenvalue weighted by Gasteiger charge is -2.27. The molecule has 2 atom stereocenters. The van der Waals surface area contributed by atoms with E-state index in [2.05, 4.69) is 15.6 Å². The van der Waals surface area contributed by atoms with Gasteiger partial charge in [0.2, 0.25) is 5.78 Å². The van der Waals surface area contributed by atoms with Gasteiger partial charge >= 0.3 is 6.18 Å². The minimum atomic E-state index is -4.84. The lowest BCUT2D eigenvalue weighted by atomic mass is 9.81. The topological polar surface area (TPSA) is 54.0 Å². The molecule has 2 unspecified atom stereocenters.